The Morgan fingerprint density at radius 1 is 1.28 bits per heavy atom. The molecule has 0 radical (unpaired) electrons. The molecule has 0 spiro atoms. The molecule has 0 aromatic heterocycles. The Morgan fingerprint density at radius 2 is 1.83 bits per heavy atom. The van der Waals surface area contributed by atoms with Gasteiger partial charge in [0.15, 0.2) is 0 Å². The molecule has 0 amide bonds. The van der Waals surface area contributed by atoms with Crippen molar-refractivity contribution in [2.45, 2.75) is 45.3 Å². The van der Waals surface area contributed by atoms with E-state index in [1.165, 1.54) is 0 Å². The number of rotatable bonds is 4. The molecule has 0 aliphatic rings. The number of carboxylic acids is 1. The van der Waals surface area contributed by atoms with Crippen molar-refractivity contribution in [2.75, 3.05) is 0 Å². The number of hydrogen-bond donors (Lipinski definition) is 1. The van der Waals surface area contributed by atoms with Gasteiger partial charge in [0, 0.05) is 5.56 Å². The van der Waals surface area contributed by atoms with E-state index in [4.69, 9.17) is 9.53 Å². The maximum absolute atomic E-state index is 10.8. The first kappa shape index (κ1) is 14.8. The predicted molar refractivity (Wildman–Crippen MR) is 75.6 cm³/mol. The normalized spacial score (nSPS) is 12.3. The van der Waals surface area contributed by atoms with E-state index >= 15 is 0 Å². The van der Waals surface area contributed by atoms with Gasteiger partial charge in [0.25, 0.3) is 0 Å². The van der Waals surface area contributed by atoms with Crippen molar-refractivity contribution in [2.24, 2.45) is 0 Å². The van der Waals surface area contributed by atoms with Gasteiger partial charge in [-0.05, 0) is 24.2 Å². The lowest BCUT2D eigenvalue weighted by Gasteiger charge is -2.37. The molecule has 1 rings (SSSR count). The molecule has 0 atom stereocenters. The highest BCUT2D eigenvalue weighted by molar-refractivity contribution is 6.74. The monoisotopic (exact) mass is 266 g/mol. The van der Waals surface area contributed by atoms with Gasteiger partial charge in [0.1, 0.15) is 5.75 Å². The van der Waals surface area contributed by atoms with E-state index in [0.29, 0.717) is 5.75 Å². The lowest BCUT2D eigenvalue weighted by atomic mass is 10.1. The molecule has 18 heavy (non-hydrogen) atoms. The van der Waals surface area contributed by atoms with Crippen LogP contribution in [0.15, 0.2) is 24.3 Å². The molecular weight excluding hydrogens is 244 g/mol. The molecule has 0 unspecified atom stereocenters. The van der Waals surface area contributed by atoms with E-state index in [1.54, 1.807) is 0 Å². The zero-order chi connectivity index (χ0) is 14.0. The lowest BCUT2D eigenvalue weighted by molar-refractivity contribution is -0.136. The van der Waals surface area contributed by atoms with Crippen LogP contribution in [0.25, 0.3) is 0 Å². The first-order valence-electron chi connectivity index (χ1n) is 6.12. The summed E-state index contributed by atoms with van der Waals surface area (Å²) in [5.41, 5.74) is 0.745. The Morgan fingerprint density at radius 3 is 2.33 bits per heavy atom. The van der Waals surface area contributed by atoms with Crippen LogP contribution in [0.4, 0.5) is 0 Å². The maximum atomic E-state index is 10.8. The predicted octanol–water partition coefficient (Wildman–Crippen LogP) is 3.70. The molecule has 0 saturated heterocycles. The fourth-order valence-electron chi connectivity index (χ4n) is 1.34. The number of aliphatic carboxylic acids is 1. The van der Waals surface area contributed by atoms with Crippen LogP contribution in [0.3, 0.4) is 0 Å². The van der Waals surface area contributed by atoms with Crippen LogP contribution in [0.1, 0.15) is 26.3 Å². The fraction of sp³-hybridized carbons (Fsp3) is 0.500. The average molecular weight is 266 g/mol. The fourth-order valence-corrected chi connectivity index (χ4v) is 2.40. The van der Waals surface area contributed by atoms with Crippen LogP contribution in [0, 0.1) is 0 Å². The smallest absolute Gasteiger partial charge is 0.307 e. The number of benzene rings is 1. The van der Waals surface area contributed by atoms with Crippen LogP contribution < -0.4 is 4.43 Å². The third-order valence-electron chi connectivity index (χ3n) is 3.49. The second-order valence-electron chi connectivity index (χ2n) is 6.04. The Balaban J connectivity index is 3.01. The van der Waals surface area contributed by atoms with E-state index in [-0.39, 0.29) is 11.5 Å². The summed E-state index contributed by atoms with van der Waals surface area (Å²) in [6.45, 7) is 10.8. The summed E-state index contributed by atoms with van der Waals surface area (Å²) in [6, 6.07) is 7.40. The van der Waals surface area contributed by atoms with Gasteiger partial charge in [0.2, 0.25) is 8.32 Å². The molecule has 4 heteroatoms. The van der Waals surface area contributed by atoms with Crippen LogP contribution >= 0.6 is 0 Å². The molecule has 3 nitrogen and oxygen atoms in total. The largest absolute Gasteiger partial charge is 0.543 e. The van der Waals surface area contributed by atoms with Crippen LogP contribution in [0.2, 0.25) is 18.1 Å². The van der Waals surface area contributed by atoms with Crippen molar-refractivity contribution in [3.8, 4) is 5.75 Å². The van der Waals surface area contributed by atoms with Gasteiger partial charge in [-0.25, -0.2) is 0 Å². The van der Waals surface area contributed by atoms with Crippen LogP contribution in [-0.4, -0.2) is 19.4 Å². The van der Waals surface area contributed by atoms with E-state index in [0.717, 1.165) is 5.56 Å². The molecule has 0 aliphatic carbocycles. The van der Waals surface area contributed by atoms with Crippen LogP contribution in [0.5, 0.6) is 5.75 Å². The molecule has 0 fully saturated rings. The quantitative estimate of drug-likeness (QED) is 0.845. The van der Waals surface area contributed by atoms with Crippen molar-refractivity contribution in [3.05, 3.63) is 29.8 Å². The molecule has 1 N–H and O–H groups in total. The number of carboxylic acid groups (broad SMARTS) is 1. The van der Waals surface area contributed by atoms with E-state index in [9.17, 15) is 4.79 Å². The minimum Gasteiger partial charge on any atom is -0.543 e. The summed E-state index contributed by atoms with van der Waals surface area (Å²) >= 11 is 0. The highest BCUT2D eigenvalue weighted by Crippen LogP contribution is 2.38. The minimum absolute atomic E-state index is 0.00476. The van der Waals surface area contributed by atoms with Crippen molar-refractivity contribution in [1.29, 1.82) is 0 Å². The minimum atomic E-state index is -1.92. The summed E-state index contributed by atoms with van der Waals surface area (Å²) in [5.74, 6) is -0.118. The first-order chi connectivity index (χ1) is 8.13. The molecule has 1 aromatic rings. The molecule has 100 valence electrons. The summed E-state index contributed by atoms with van der Waals surface area (Å²) in [5, 5.41) is 9.01. The van der Waals surface area contributed by atoms with Gasteiger partial charge in [-0.2, -0.15) is 0 Å². The van der Waals surface area contributed by atoms with Crippen LogP contribution in [-0.2, 0) is 11.2 Å². The van der Waals surface area contributed by atoms with Crippen molar-refractivity contribution >= 4 is 14.3 Å². The zero-order valence-electron chi connectivity index (χ0n) is 11.8. The average Bonchev–Trinajstić information content (AvgIpc) is 2.18. The third kappa shape index (κ3) is 3.60. The Hall–Kier alpha value is -1.29. The SMILES string of the molecule is CC(C)(C)[Si](C)(C)Oc1ccccc1CC(=O)O. The highest BCUT2D eigenvalue weighted by Gasteiger charge is 2.39. The zero-order valence-corrected chi connectivity index (χ0v) is 12.8. The number of para-hydroxylation sites is 1. The Kier molecular flexibility index (Phi) is 4.22. The van der Waals surface area contributed by atoms with E-state index < -0.39 is 14.3 Å². The van der Waals surface area contributed by atoms with Gasteiger partial charge in [-0.3, -0.25) is 4.79 Å². The molecule has 1 aromatic carbocycles. The van der Waals surface area contributed by atoms with Crippen molar-refractivity contribution in [3.63, 3.8) is 0 Å². The first-order valence-corrected chi connectivity index (χ1v) is 9.03. The van der Waals surface area contributed by atoms with Gasteiger partial charge in [-0.15, -0.1) is 0 Å². The number of carbonyl (C=O) groups is 1. The summed E-state index contributed by atoms with van der Waals surface area (Å²) in [7, 11) is -1.92. The van der Waals surface area contributed by atoms with Crippen molar-refractivity contribution in [1.82, 2.24) is 0 Å². The highest BCUT2D eigenvalue weighted by atomic mass is 28.4. The van der Waals surface area contributed by atoms with E-state index in [1.807, 2.05) is 24.3 Å². The second kappa shape index (κ2) is 5.14. The summed E-state index contributed by atoms with van der Waals surface area (Å²) < 4.78 is 6.17. The molecule has 0 saturated carbocycles. The summed E-state index contributed by atoms with van der Waals surface area (Å²) in [4.78, 5) is 10.8. The Bertz CT molecular complexity index is 433. The van der Waals surface area contributed by atoms with Gasteiger partial charge in [-0.1, -0.05) is 39.0 Å². The number of hydrogen-bond acceptors (Lipinski definition) is 2. The molecule has 0 heterocycles. The van der Waals surface area contributed by atoms with Gasteiger partial charge in [0.05, 0.1) is 6.42 Å². The molecule has 0 aliphatic heterocycles. The van der Waals surface area contributed by atoms with Gasteiger partial charge < -0.3 is 9.53 Å². The second-order valence-corrected chi connectivity index (χ2v) is 10.8. The molecular formula is C14H22O3Si. The Labute approximate surface area is 110 Å². The molecule has 0 bridgehead atoms. The maximum Gasteiger partial charge on any atom is 0.307 e. The summed E-state index contributed by atoms with van der Waals surface area (Å²) in [6.07, 6.45) is 0.00476. The van der Waals surface area contributed by atoms with Gasteiger partial charge >= 0.3 is 5.97 Å². The van der Waals surface area contributed by atoms with Crippen molar-refractivity contribution < 1.29 is 14.3 Å². The standard InChI is InChI=1S/C14H22O3Si/c1-14(2,3)18(4,5)17-12-9-7-6-8-11(12)10-13(15)16/h6-9H,10H2,1-5H3,(H,15,16). The topological polar surface area (TPSA) is 46.5 Å². The lowest BCUT2D eigenvalue weighted by Crippen LogP contribution is -2.44. The third-order valence-corrected chi connectivity index (χ3v) is 7.83. The van der Waals surface area contributed by atoms with E-state index in [2.05, 4.69) is 33.9 Å².